The molecule has 2 unspecified atom stereocenters. The van der Waals surface area contributed by atoms with Crippen LogP contribution in [-0.2, 0) is 17.6 Å². The van der Waals surface area contributed by atoms with E-state index in [1.165, 1.54) is 0 Å². The molecule has 4 N–H and O–H groups in total. The van der Waals surface area contributed by atoms with Crippen molar-refractivity contribution >= 4 is 17.5 Å². The molecule has 4 nitrogen and oxygen atoms in total. The van der Waals surface area contributed by atoms with E-state index in [9.17, 15) is 9.90 Å². The number of benzene rings is 2. The van der Waals surface area contributed by atoms with Crippen LogP contribution in [0, 0.1) is 0 Å². The fraction of sp³-hybridized carbons (Fsp3) is 0.235. The van der Waals surface area contributed by atoms with E-state index in [-0.39, 0.29) is 17.7 Å². The molecule has 0 radical (unpaired) electrons. The minimum Gasteiger partial charge on any atom is -0.508 e. The maximum Gasteiger partial charge on any atom is 0.241 e. The van der Waals surface area contributed by atoms with Crippen molar-refractivity contribution in [1.82, 2.24) is 5.32 Å². The molecular weight excluding hydrogens is 300 g/mol. The molecule has 5 heteroatoms. The van der Waals surface area contributed by atoms with Gasteiger partial charge in [0.05, 0.1) is 0 Å². The SMILES string of the molecule is NC(C(=O)NC1Cc2cccc(O)c2C1)c1ccc(Cl)cc1. The van der Waals surface area contributed by atoms with E-state index in [1.54, 1.807) is 30.3 Å². The van der Waals surface area contributed by atoms with Crippen molar-refractivity contribution in [2.45, 2.75) is 24.9 Å². The summed E-state index contributed by atoms with van der Waals surface area (Å²) < 4.78 is 0. The maximum atomic E-state index is 12.3. The van der Waals surface area contributed by atoms with Gasteiger partial charge in [-0.05, 0) is 47.7 Å². The highest BCUT2D eigenvalue weighted by molar-refractivity contribution is 6.30. The Bertz CT molecular complexity index is 700. The number of phenols is 1. The van der Waals surface area contributed by atoms with Gasteiger partial charge in [-0.3, -0.25) is 4.79 Å². The molecule has 0 fully saturated rings. The Morgan fingerprint density at radius 1 is 1.23 bits per heavy atom. The minimum absolute atomic E-state index is 0.0332. The van der Waals surface area contributed by atoms with Crippen molar-refractivity contribution in [3.8, 4) is 5.75 Å². The summed E-state index contributed by atoms with van der Waals surface area (Å²) in [4.78, 5) is 12.3. The first-order chi connectivity index (χ1) is 10.5. The first-order valence-electron chi connectivity index (χ1n) is 7.16. The van der Waals surface area contributed by atoms with Crippen LogP contribution in [0.5, 0.6) is 5.75 Å². The Morgan fingerprint density at radius 2 is 1.95 bits per heavy atom. The number of amides is 1. The molecule has 1 amide bonds. The number of fused-ring (bicyclic) bond motifs is 1. The van der Waals surface area contributed by atoms with Gasteiger partial charge in [-0.15, -0.1) is 0 Å². The number of hydrogen-bond acceptors (Lipinski definition) is 3. The zero-order valence-electron chi connectivity index (χ0n) is 11.9. The average Bonchev–Trinajstić information content (AvgIpc) is 2.91. The fourth-order valence-electron chi connectivity index (χ4n) is 2.85. The quantitative estimate of drug-likeness (QED) is 0.813. The number of rotatable bonds is 3. The highest BCUT2D eigenvalue weighted by Gasteiger charge is 2.27. The predicted octanol–water partition coefficient (Wildman–Crippen LogP) is 2.33. The Hall–Kier alpha value is -2.04. The Kier molecular flexibility index (Phi) is 4.05. The smallest absolute Gasteiger partial charge is 0.241 e. The van der Waals surface area contributed by atoms with Gasteiger partial charge in [-0.25, -0.2) is 0 Å². The van der Waals surface area contributed by atoms with E-state index in [1.807, 2.05) is 12.1 Å². The lowest BCUT2D eigenvalue weighted by atomic mass is 10.1. The summed E-state index contributed by atoms with van der Waals surface area (Å²) in [6.45, 7) is 0. The number of carbonyl (C=O) groups excluding carboxylic acids is 1. The second kappa shape index (κ2) is 5.99. The van der Waals surface area contributed by atoms with E-state index >= 15 is 0 Å². The highest BCUT2D eigenvalue weighted by atomic mass is 35.5. The number of nitrogens with two attached hydrogens (primary N) is 1. The lowest BCUT2D eigenvalue weighted by Gasteiger charge is -2.17. The van der Waals surface area contributed by atoms with Gasteiger partial charge in [-0.2, -0.15) is 0 Å². The standard InChI is InChI=1S/C17H17ClN2O2/c18-12-6-4-10(5-7-12)16(19)17(22)20-13-8-11-2-1-3-15(21)14(11)9-13/h1-7,13,16,21H,8-9,19H2,(H,20,22). The molecule has 114 valence electrons. The van der Waals surface area contributed by atoms with Crippen LogP contribution in [0.1, 0.15) is 22.7 Å². The Labute approximate surface area is 133 Å². The molecular formula is C17H17ClN2O2. The molecule has 0 saturated heterocycles. The van der Waals surface area contributed by atoms with Crippen LogP contribution in [-0.4, -0.2) is 17.1 Å². The van der Waals surface area contributed by atoms with E-state index in [0.717, 1.165) is 16.7 Å². The normalized spacial score (nSPS) is 17.8. The van der Waals surface area contributed by atoms with E-state index in [0.29, 0.717) is 17.9 Å². The van der Waals surface area contributed by atoms with Crippen LogP contribution in [0.15, 0.2) is 42.5 Å². The van der Waals surface area contributed by atoms with Crippen molar-refractivity contribution < 1.29 is 9.90 Å². The third-order valence-corrected chi connectivity index (χ3v) is 4.28. The largest absolute Gasteiger partial charge is 0.508 e. The molecule has 0 saturated carbocycles. The lowest BCUT2D eigenvalue weighted by molar-refractivity contribution is -0.123. The number of phenolic OH excluding ortho intramolecular Hbond substituents is 1. The van der Waals surface area contributed by atoms with E-state index in [2.05, 4.69) is 5.32 Å². The lowest BCUT2D eigenvalue weighted by Crippen LogP contribution is -2.41. The number of nitrogens with one attached hydrogen (secondary N) is 1. The van der Waals surface area contributed by atoms with Gasteiger partial charge in [0.2, 0.25) is 5.91 Å². The third-order valence-electron chi connectivity index (χ3n) is 4.02. The van der Waals surface area contributed by atoms with Crippen LogP contribution in [0.4, 0.5) is 0 Å². The second-order valence-electron chi connectivity index (χ2n) is 5.56. The molecule has 0 spiro atoms. The van der Waals surface area contributed by atoms with Gasteiger partial charge in [-0.1, -0.05) is 35.9 Å². The fourth-order valence-corrected chi connectivity index (χ4v) is 2.97. The molecule has 2 aromatic carbocycles. The van der Waals surface area contributed by atoms with Crippen molar-refractivity contribution in [2.75, 3.05) is 0 Å². The summed E-state index contributed by atoms with van der Waals surface area (Å²) in [5.74, 6) is 0.0656. The first-order valence-corrected chi connectivity index (χ1v) is 7.53. The summed E-state index contributed by atoms with van der Waals surface area (Å²) in [5, 5.41) is 13.4. The predicted molar refractivity (Wildman–Crippen MR) is 85.8 cm³/mol. The maximum absolute atomic E-state index is 12.3. The van der Waals surface area contributed by atoms with Crippen molar-refractivity contribution in [2.24, 2.45) is 5.73 Å². The topological polar surface area (TPSA) is 75.4 Å². The Balaban J connectivity index is 1.66. The van der Waals surface area contributed by atoms with Crippen LogP contribution in [0.2, 0.25) is 5.02 Å². The van der Waals surface area contributed by atoms with Crippen LogP contribution >= 0.6 is 11.6 Å². The number of halogens is 1. The van der Waals surface area contributed by atoms with Crippen molar-refractivity contribution in [1.29, 1.82) is 0 Å². The van der Waals surface area contributed by atoms with E-state index in [4.69, 9.17) is 17.3 Å². The van der Waals surface area contributed by atoms with Gasteiger partial charge in [0, 0.05) is 11.1 Å². The number of carbonyl (C=O) groups is 1. The van der Waals surface area contributed by atoms with E-state index < -0.39 is 6.04 Å². The molecule has 22 heavy (non-hydrogen) atoms. The molecule has 1 aliphatic carbocycles. The molecule has 3 rings (SSSR count). The zero-order chi connectivity index (χ0) is 15.7. The first kappa shape index (κ1) is 14.9. The highest BCUT2D eigenvalue weighted by Crippen LogP contribution is 2.29. The van der Waals surface area contributed by atoms with Gasteiger partial charge in [0.15, 0.2) is 0 Å². The van der Waals surface area contributed by atoms with Gasteiger partial charge in [0.1, 0.15) is 11.8 Å². The molecule has 0 aromatic heterocycles. The Morgan fingerprint density at radius 3 is 2.64 bits per heavy atom. The summed E-state index contributed by atoms with van der Waals surface area (Å²) >= 11 is 5.83. The number of aromatic hydroxyl groups is 1. The van der Waals surface area contributed by atoms with Crippen LogP contribution < -0.4 is 11.1 Å². The molecule has 1 aliphatic rings. The molecule has 0 bridgehead atoms. The van der Waals surface area contributed by atoms with Crippen LogP contribution in [0.25, 0.3) is 0 Å². The van der Waals surface area contributed by atoms with Gasteiger partial charge in [0.25, 0.3) is 0 Å². The molecule has 2 aromatic rings. The average molecular weight is 317 g/mol. The molecule has 0 heterocycles. The minimum atomic E-state index is -0.727. The van der Waals surface area contributed by atoms with Crippen LogP contribution in [0.3, 0.4) is 0 Å². The summed E-state index contributed by atoms with van der Waals surface area (Å²) in [6, 6.07) is 11.6. The number of hydrogen-bond donors (Lipinski definition) is 3. The van der Waals surface area contributed by atoms with Crippen molar-refractivity contribution in [3.63, 3.8) is 0 Å². The zero-order valence-corrected chi connectivity index (χ0v) is 12.7. The second-order valence-corrected chi connectivity index (χ2v) is 5.99. The van der Waals surface area contributed by atoms with Gasteiger partial charge < -0.3 is 16.2 Å². The monoisotopic (exact) mass is 316 g/mol. The summed E-state index contributed by atoms with van der Waals surface area (Å²) in [5.41, 5.74) is 8.70. The summed E-state index contributed by atoms with van der Waals surface area (Å²) in [6.07, 6.45) is 1.34. The van der Waals surface area contributed by atoms with Crippen molar-refractivity contribution in [3.05, 3.63) is 64.2 Å². The summed E-state index contributed by atoms with van der Waals surface area (Å²) in [7, 11) is 0. The third kappa shape index (κ3) is 2.93. The van der Waals surface area contributed by atoms with Gasteiger partial charge >= 0.3 is 0 Å². The molecule has 0 aliphatic heterocycles. The molecule has 2 atom stereocenters.